The molecular formula is C16H33N3O. The number of hydrogen-bond acceptors (Lipinski definition) is 3. The molecule has 0 aliphatic carbocycles. The summed E-state index contributed by atoms with van der Waals surface area (Å²) in [7, 11) is 1.90. The highest BCUT2D eigenvalue weighted by Crippen LogP contribution is 2.17. The van der Waals surface area contributed by atoms with Crippen molar-refractivity contribution in [1.82, 2.24) is 15.1 Å². The van der Waals surface area contributed by atoms with E-state index >= 15 is 0 Å². The minimum absolute atomic E-state index is 0.141. The first-order chi connectivity index (χ1) is 9.20. The van der Waals surface area contributed by atoms with Gasteiger partial charge in [0.05, 0.1) is 6.54 Å². The summed E-state index contributed by atoms with van der Waals surface area (Å²) in [5.74, 6) is 0.239. The Balaban J connectivity index is 2.54. The monoisotopic (exact) mass is 283 g/mol. The van der Waals surface area contributed by atoms with Crippen LogP contribution in [0.1, 0.15) is 53.9 Å². The lowest BCUT2D eigenvalue weighted by atomic mass is 10.0. The highest BCUT2D eigenvalue weighted by molar-refractivity contribution is 5.78. The number of likely N-dealkylation sites (N-methyl/N-ethyl adjacent to an activating group) is 1. The van der Waals surface area contributed by atoms with Crippen LogP contribution in [0.5, 0.6) is 0 Å². The normalized spacial score (nSPS) is 21.2. The summed E-state index contributed by atoms with van der Waals surface area (Å²) in [4.78, 5) is 16.5. The van der Waals surface area contributed by atoms with E-state index in [1.54, 1.807) is 0 Å². The van der Waals surface area contributed by atoms with Gasteiger partial charge in [0.25, 0.3) is 0 Å². The predicted octanol–water partition coefficient (Wildman–Crippen LogP) is 2.10. The molecule has 20 heavy (non-hydrogen) atoms. The zero-order chi connectivity index (χ0) is 15.3. The van der Waals surface area contributed by atoms with Gasteiger partial charge in [0.15, 0.2) is 0 Å². The van der Waals surface area contributed by atoms with Gasteiger partial charge in [-0.3, -0.25) is 9.69 Å². The maximum atomic E-state index is 12.3. The molecule has 1 N–H and O–H groups in total. The third-order valence-electron chi connectivity index (χ3n) is 4.12. The molecular weight excluding hydrogens is 250 g/mol. The number of amides is 1. The number of nitrogens with zero attached hydrogens (tertiary/aromatic N) is 2. The van der Waals surface area contributed by atoms with Crippen LogP contribution >= 0.6 is 0 Å². The molecule has 1 rings (SSSR count). The summed E-state index contributed by atoms with van der Waals surface area (Å²) >= 11 is 0. The van der Waals surface area contributed by atoms with Crippen molar-refractivity contribution in [2.45, 2.75) is 71.5 Å². The third kappa shape index (κ3) is 5.80. The SMILES string of the molecule is CC(C)N(C)C(=O)CN1CCCCC1CNC(C)(C)C. The van der Waals surface area contributed by atoms with Crippen molar-refractivity contribution in [1.29, 1.82) is 0 Å². The second-order valence-electron chi connectivity index (χ2n) is 7.35. The van der Waals surface area contributed by atoms with Crippen LogP contribution in [0.15, 0.2) is 0 Å². The Kier molecular flexibility index (Phi) is 6.46. The summed E-state index contributed by atoms with van der Waals surface area (Å²) < 4.78 is 0. The Bertz CT molecular complexity index is 309. The average Bonchev–Trinajstić information content (AvgIpc) is 2.35. The number of piperidine rings is 1. The second-order valence-corrected chi connectivity index (χ2v) is 7.35. The van der Waals surface area contributed by atoms with E-state index in [9.17, 15) is 4.79 Å². The number of hydrogen-bond donors (Lipinski definition) is 1. The number of carbonyl (C=O) groups excluding carboxylic acids is 1. The first-order valence-electron chi connectivity index (χ1n) is 7.95. The van der Waals surface area contributed by atoms with E-state index in [0.29, 0.717) is 12.6 Å². The fourth-order valence-corrected chi connectivity index (χ4v) is 2.50. The predicted molar refractivity (Wildman–Crippen MR) is 84.9 cm³/mol. The van der Waals surface area contributed by atoms with Gasteiger partial charge < -0.3 is 10.2 Å². The first-order valence-corrected chi connectivity index (χ1v) is 7.95. The molecule has 1 aliphatic rings. The van der Waals surface area contributed by atoms with Gasteiger partial charge in [-0.2, -0.15) is 0 Å². The Hall–Kier alpha value is -0.610. The fourth-order valence-electron chi connectivity index (χ4n) is 2.50. The van der Waals surface area contributed by atoms with Gasteiger partial charge in [0.1, 0.15) is 0 Å². The minimum Gasteiger partial charge on any atom is -0.342 e. The maximum absolute atomic E-state index is 12.3. The van der Waals surface area contributed by atoms with E-state index in [4.69, 9.17) is 0 Å². The van der Waals surface area contributed by atoms with Crippen LogP contribution in [-0.2, 0) is 4.79 Å². The van der Waals surface area contributed by atoms with Crippen LogP contribution < -0.4 is 5.32 Å². The Labute approximate surface area is 124 Å². The molecule has 1 fully saturated rings. The molecule has 1 unspecified atom stereocenters. The zero-order valence-electron chi connectivity index (χ0n) is 14.2. The molecule has 1 heterocycles. The van der Waals surface area contributed by atoms with Crippen LogP contribution in [0, 0.1) is 0 Å². The average molecular weight is 283 g/mol. The first kappa shape index (κ1) is 17.4. The molecule has 4 heteroatoms. The lowest BCUT2D eigenvalue weighted by Gasteiger charge is -2.38. The molecule has 1 aliphatic heterocycles. The molecule has 0 radical (unpaired) electrons. The quantitative estimate of drug-likeness (QED) is 0.839. The van der Waals surface area contributed by atoms with Crippen LogP contribution in [0.3, 0.4) is 0 Å². The molecule has 0 spiro atoms. The lowest BCUT2D eigenvalue weighted by Crippen LogP contribution is -2.52. The van der Waals surface area contributed by atoms with Gasteiger partial charge in [0.2, 0.25) is 5.91 Å². The topological polar surface area (TPSA) is 35.6 Å². The molecule has 1 saturated heterocycles. The van der Waals surface area contributed by atoms with E-state index < -0.39 is 0 Å². The molecule has 0 bridgehead atoms. The lowest BCUT2D eigenvalue weighted by molar-refractivity contribution is -0.133. The van der Waals surface area contributed by atoms with E-state index in [0.717, 1.165) is 13.1 Å². The smallest absolute Gasteiger partial charge is 0.236 e. The van der Waals surface area contributed by atoms with Gasteiger partial charge in [-0.15, -0.1) is 0 Å². The maximum Gasteiger partial charge on any atom is 0.236 e. The van der Waals surface area contributed by atoms with Gasteiger partial charge in [0, 0.05) is 31.2 Å². The molecule has 0 aromatic carbocycles. The largest absolute Gasteiger partial charge is 0.342 e. The van der Waals surface area contributed by atoms with E-state index in [1.807, 2.05) is 11.9 Å². The zero-order valence-corrected chi connectivity index (χ0v) is 14.2. The Morgan fingerprint density at radius 2 is 2.00 bits per heavy atom. The van der Waals surface area contributed by atoms with Crippen LogP contribution in [0.25, 0.3) is 0 Å². The standard InChI is InChI=1S/C16H33N3O/c1-13(2)18(6)15(20)12-19-10-8-7-9-14(19)11-17-16(3,4)5/h13-14,17H,7-12H2,1-6H3. The van der Waals surface area contributed by atoms with Crippen molar-refractivity contribution in [3.63, 3.8) is 0 Å². The van der Waals surface area contributed by atoms with E-state index in [1.165, 1.54) is 19.3 Å². The number of likely N-dealkylation sites (tertiary alicyclic amines) is 1. The number of nitrogens with one attached hydrogen (secondary N) is 1. The van der Waals surface area contributed by atoms with Crippen LogP contribution in [-0.4, -0.2) is 60.0 Å². The molecule has 0 saturated carbocycles. The van der Waals surface area contributed by atoms with Gasteiger partial charge >= 0.3 is 0 Å². The van der Waals surface area contributed by atoms with Crippen molar-refractivity contribution in [3.8, 4) is 0 Å². The van der Waals surface area contributed by atoms with Crippen molar-refractivity contribution in [3.05, 3.63) is 0 Å². The molecule has 118 valence electrons. The minimum atomic E-state index is 0.141. The van der Waals surface area contributed by atoms with Crippen molar-refractivity contribution in [2.75, 3.05) is 26.7 Å². The fraction of sp³-hybridized carbons (Fsp3) is 0.938. The summed E-state index contributed by atoms with van der Waals surface area (Å²) in [6.07, 6.45) is 3.69. The van der Waals surface area contributed by atoms with Crippen molar-refractivity contribution >= 4 is 5.91 Å². The summed E-state index contributed by atoms with van der Waals surface area (Å²) in [6.45, 7) is 13.3. The molecule has 4 nitrogen and oxygen atoms in total. The highest BCUT2D eigenvalue weighted by atomic mass is 16.2. The number of rotatable bonds is 5. The molecule has 1 amide bonds. The molecule has 0 aromatic rings. The highest BCUT2D eigenvalue weighted by Gasteiger charge is 2.26. The van der Waals surface area contributed by atoms with Gasteiger partial charge in [-0.1, -0.05) is 6.42 Å². The Morgan fingerprint density at radius 1 is 1.35 bits per heavy atom. The van der Waals surface area contributed by atoms with Crippen LogP contribution in [0.4, 0.5) is 0 Å². The third-order valence-corrected chi connectivity index (χ3v) is 4.12. The van der Waals surface area contributed by atoms with Gasteiger partial charge in [-0.25, -0.2) is 0 Å². The summed E-state index contributed by atoms with van der Waals surface area (Å²) in [5, 5.41) is 3.58. The summed E-state index contributed by atoms with van der Waals surface area (Å²) in [5.41, 5.74) is 0.141. The van der Waals surface area contributed by atoms with Crippen LogP contribution in [0.2, 0.25) is 0 Å². The second kappa shape index (κ2) is 7.41. The van der Waals surface area contributed by atoms with E-state index in [-0.39, 0.29) is 17.5 Å². The van der Waals surface area contributed by atoms with Crippen molar-refractivity contribution in [2.24, 2.45) is 0 Å². The van der Waals surface area contributed by atoms with Crippen molar-refractivity contribution < 1.29 is 4.79 Å². The Morgan fingerprint density at radius 3 is 2.55 bits per heavy atom. The van der Waals surface area contributed by atoms with Gasteiger partial charge in [-0.05, 0) is 54.0 Å². The number of carbonyl (C=O) groups is 1. The molecule has 1 atom stereocenters. The molecule has 0 aromatic heterocycles. The summed E-state index contributed by atoms with van der Waals surface area (Å²) in [6, 6.07) is 0.769. The van der Waals surface area contributed by atoms with E-state index in [2.05, 4.69) is 44.8 Å².